The molecular formula is C15H18N4OS2. The quantitative estimate of drug-likeness (QED) is 0.565. The number of aromatic nitrogens is 3. The van der Waals surface area contributed by atoms with Crippen LogP contribution in [0.2, 0.25) is 0 Å². The number of hydrogen-bond donors (Lipinski definition) is 2. The van der Waals surface area contributed by atoms with Crippen molar-refractivity contribution in [2.24, 2.45) is 0 Å². The van der Waals surface area contributed by atoms with Gasteiger partial charge in [0.1, 0.15) is 4.70 Å². The van der Waals surface area contributed by atoms with E-state index in [9.17, 15) is 4.79 Å². The van der Waals surface area contributed by atoms with E-state index in [1.54, 1.807) is 0 Å². The molecule has 22 heavy (non-hydrogen) atoms. The van der Waals surface area contributed by atoms with Gasteiger partial charge in [0.2, 0.25) is 0 Å². The number of benzene rings is 1. The van der Waals surface area contributed by atoms with Crippen LogP contribution in [0.4, 0.5) is 5.13 Å². The Morgan fingerprint density at radius 3 is 2.73 bits per heavy atom. The molecule has 2 heterocycles. The van der Waals surface area contributed by atoms with Gasteiger partial charge in [-0.05, 0) is 18.1 Å². The molecule has 3 rings (SSSR count). The molecule has 1 aromatic carbocycles. The number of aromatic amines is 1. The Hall–Kier alpha value is -1.86. The van der Waals surface area contributed by atoms with Crippen LogP contribution in [-0.4, -0.2) is 15.0 Å². The van der Waals surface area contributed by atoms with E-state index in [2.05, 4.69) is 34.0 Å². The van der Waals surface area contributed by atoms with E-state index >= 15 is 0 Å². The molecule has 0 amide bonds. The number of nitrogens with two attached hydrogens (primary N) is 1. The summed E-state index contributed by atoms with van der Waals surface area (Å²) in [6.45, 7) is 6.07. The van der Waals surface area contributed by atoms with E-state index < -0.39 is 0 Å². The van der Waals surface area contributed by atoms with Gasteiger partial charge >= 0.3 is 0 Å². The molecule has 0 saturated carbocycles. The molecule has 7 heteroatoms. The summed E-state index contributed by atoms with van der Waals surface area (Å²) in [7, 11) is 0. The van der Waals surface area contributed by atoms with Gasteiger partial charge in [0, 0.05) is 5.75 Å². The number of nitrogen functional groups attached to an aromatic ring is 1. The molecule has 0 bridgehead atoms. The summed E-state index contributed by atoms with van der Waals surface area (Å²) in [6, 6.07) is 8.15. The average Bonchev–Trinajstić information content (AvgIpc) is 2.89. The summed E-state index contributed by atoms with van der Waals surface area (Å²) in [5.41, 5.74) is 8.28. The second kappa shape index (κ2) is 7.42. The van der Waals surface area contributed by atoms with Crippen molar-refractivity contribution < 1.29 is 0 Å². The Balaban J connectivity index is 0.000000847. The Morgan fingerprint density at radius 1 is 1.27 bits per heavy atom. The molecule has 0 radical (unpaired) electrons. The van der Waals surface area contributed by atoms with E-state index in [1.807, 2.05) is 26.0 Å². The van der Waals surface area contributed by atoms with Crippen LogP contribution in [-0.2, 0) is 5.75 Å². The molecule has 3 aromatic rings. The summed E-state index contributed by atoms with van der Waals surface area (Å²) in [4.78, 5) is 23.0. The highest BCUT2D eigenvalue weighted by atomic mass is 32.2. The van der Waals surface area contributed by atoms with Crippen LogP contribution in [0.15, 0.2) is 34.2 Å². The van der Waals surface area contributed by atoms with Gasteiger partial charge in [-0.25, -0.2) is 9.97 Å². The van der Waals surface area contributed by atoms with Crippen LogP contribution in [0.3, 0.4) is 0 Å². The SMILES string of the molecule is CC.Cc1ccccc1CSc1nc2nc(N)sc2c(=O)[nH]1. The predicted octanol–water partition coefficient (Wildman–Crippen LogP) is 3.59. The zero-order valence-corrected chi connectivity index (χ0v) is 14.3. The van der Waals surface area contributed by atoms with Crippen molar-refractivity contribution in [2.45, 2.75) is 31.7 Å². The Bertz CT molecular complexity index is 826. The molecular weight excluding hydrogens is 316 g/mol. The van der Waals surface area contributed by atoms with Crippen molar-refractivity contribution in [3.8, 4) is 0 Å². The molecule has 0 saturated heterocycles. The van der Waals surface area contributed by atoms with Gasteiger partial charge in [-0.3, -0.25) is 4.79 Å². The highest BCUT2D eigenvalue weighted by Gasteiger charge is 2.09. The fourth-order valence-electron chi connectivity index (χ4n) is 1.82. The van der Waals surface area contributed by atoms with Crippen LogP contribution in [0.5, 0.6) is 0 Å². The number of rotatable bonds is 3. The predicted molar refractivity (Wildman–Crippen MR) is 94.5 cm³/mol. The van der Waals surface area contributed by atoms with Gasteiger partial charge in [-0.1, -0.05) is 61.2 Å². The third kappa shape index (κ3) is 3.66. The number of anilines is 1. The molecule has 5 nitrogen and oxygen atoms in total. The zero-order valence-electron chi connectivity index (χ0n) is 12.7. The van der Waals surface area contributed by atoms with Crippen LogP contribution in [0, 0.1) is 6.92 Å². The van der Waals surface area contributed by atoms with Crippen LogP contribution in [0.1, 0.15) is 25.0 Å². The summed E-state index contributed by atoms with van der Waals surface area (Å²) >= 11 is 2.64. The Kier molecular flexibility index (Phi) is 5.57. The summed E-state index contributed by atoms with van der Waals surface area (Å²) in [5.74, 6) is 0.751. The third-order valence-electron chi connectivity index (χ3n) is 2.89. The molecule has 0 unspecified atom stereocenters. The first-order valence-electron chi connectivity index (χ1n) is 6.97. The minimum atomic E-state index is -0.184. The lowest BCUT2D eigenvalue weighted by Crippen LogP contribution is -2.07. The summed E-state index contributed by atoms with van der Waals surface area (Å²) in [6.07, 6.45) is 0. The molecule has 2 aromatic heterocycles. The minimum Gasteiger partial charge on any atom is -0.375 e. The van der Waals surface area contributed by atoms with E-state index in [1.165, 1.54) is 22.9 Å². The van der Waals surface area contributed by atoms with E-state index in [0.717, 1.165) is 17.1 Å². The van der Waals surface area contributed by atoms with Crippen molar-refractivity contribution in [1.82, 2.24) is 15.0 Å². The van der Waals surface area contributed by atoms with Crippen molar-refractivity contribution >= 4 is 38.6 Å². The summed E-state index contributed by atoms with van der Waals surface area (Å²) < 4.78 is 0.475. The Labute approximate surface area is 137 Å². The average molecular weight is 334 g/mol. The first-order chi connectivity index (χ1) is 10.6. The standard InChI is InChI=1S/C13H12N4OS2.C2H6/c1-7-4-2-3-5-8(7)6-19-13-16-10-9(11(18)17-13)20-12(14)15-10;1-2/h2-5H,6H2,1H3,(H3,14,15,16,17,18);1-2H3. The second-order valence-electron chi connectivity index (χ2n) is 4.29. The fourth-order valence-corrected chi connectivity index (χ4v) is 3.42. The maximum Gasteiger partial charge on any atom is 0.271 e. The zero-order chi connectivity index (χ0) is 16.1. The molecule has 0 aliphatic carbocycles. The van der Waals surface area contributed by atoms with E-state index in [-0.39, 0.29) is 5.56 Å². The topological polar surface area (TPSA) is 84.7 Å². The number of hydrogen-bond acceptors (Lipinski definition) is 6. The monoisotopic (exact) mass is 334 g/mol. The number of nitrogens with one attached hydrogen (secondary N) is 1. The van der Waals surface area contributed by atoms with Crippen molar-refractivity contribution in [1.29, 1.82) is 0 Å². The van der Waals surface area contributed by atoms with E-state index in [4.69, 9.17) is 5.73 Å². The van der Waals surface area contributed by atoms with E-state index in [0.29, 0.717) is 20.6 Å². The number of aryl methyl sites for hydroxylation is 1. The number of H-pyrrole nitrogens is 1. The first kappa shape index (κ1) is 16.5. The number of thiazole rings is 1. The van der Waals surface area contributed by atoms with Crippen molar-refractivity contribution in [3.05, 3.63) is 45.7 Å². The number of thioether (sulfide) groups is 1. The van der Waals surface area contributed by atoms with Crippen LogP contribution < -0.4 is 11.3 Å². The van der Waals surface area contributed by atoms with Crippen molar-refractivity contribution in [2.75, 3.05) is 5.73 Å². The lowest BCUT2D eigenvalue weighted by Gasteiger charge is -2.04. The van der Waals surface area contributed by atoms with Gasteiger partial charge in [0.15, 0.2) is 15.9 Å². The van der Waals surface area contributed by atoms with Gasteiger partial charge in [0.05, 0.1) is 0 Å². The minimum absolute atomic E-state index is 0.184. The normalized spacial score (nSPS) is 10.3. The molecule has 0 aliphatic rings. The maximum atomic E-state index is 11.9. The maximum absolute atomic E-state index is 11.9. The van der Waals surface area contributed by atoms with Gasteiger partial charge in [-0.15, -0.1) is 0 Å². The van der Waals surface area contributed by atoms with Gasteiger partial charge in [-0.2, -0.15) is 0 Å². The first-order valence-corrected chi connectivity index (χ1v) is 8.77. The van der Waals surface area contributed by atoms with Gasteiger partial charge < -0.3 is 10.7 Å². The largest absolute Gasteiger partial charge is 0.375 e. The molecule has 0 spiro atoms. The van der Waals surface area contributed by atoms with Gasteiger partial charge in [0.25, 0.3) is 5.56 Å². The molecule has 116 valence electrons. The van der Waals surface area contributed by atoms with Crippen molar-refractivity contribution in [3.63, 3.8) is 0 Å². The number of fused-ring (bicyclic) bond motifs is 1. The smallest absolute Gasteiger partial charge is 0.271 e. The molecule has 0 aliphatic heterocycles. The highest BCUT2D eigenvalue weighted by Crippen LogP contribution is 2.23. The fraction of sp³-hybridized carbons (Fsp3) is 0.267. The lowest BCUT2D eigenvalue weighted by molar-refractivity contribution is 0.967. The Morgan fingerprint density at radius 2 is 2.00 bits per heavy atom. The highest BCUT2D eigenvalue weighted by molar-refractivity contribution is 7.98. The van der Waals surface area contributed by atoms with Crippen LogP contribution >= 0.6 is 23.1 Å². The third-order valence-corrected chi connectivity index (χ3v) is 4.68. The molecule has 0 atom stereocenters. The molecule has 0 fully saturated rings. The second-order valence-corrected chi connectivity index (χ2v) is 6.29. The van der Waals surface area contributed by atoms with Crippen LogP contribution in [0.25, 0.3) is 10.3 Å². The molecule has 3 N–H and O–H groups in total. The number of nitrogens with zero attached hydrogens (tertiary/aromatic N) is 2. The summed E-state index contributed by atoms with van der Waals surface area (Å²) in [5, 5.41) is 0.926. The lowest BCUT2D eigenvalue weighted by atomic mass is 10.1.